The first-order valence-corrected chi connectivity index (χ1v) is 7.59. The summed E-state index contributed by atoms with van der Waals surface area (Å²) in [6.45, 7) is 0. The summed E-state index contributed by atoms with van der Waals surface area (Å²) >= 11 is 1.65. The van der Waals surface area contributed by atoms with E-state index in [1.54, 1.807) is 36.0 Å². The summed E-state index contributed by atoms with van der Waals surface area (Å²) in [4.78, 5) is 25.4. The van der Waals surface area contributed by atoms with Gasteiger partial charge in [-0.15, -0.1) is 11.8 Å². The molecule has 0 saturated heterocycles. The molecule has 0 saturated carbocycles. The van der Waals surface area contributed by atoms with Crippen LogP contribution in [-0.4, -0.2) is 29.3 Å². The van der Waals surface area contributed by atoms with Gasteiger partial charge in [0, 0.05) is 4.90 Å². The molecule has 1 aliphatic rings. The molecule has 0 unspecified atom stereocenters. The van der Waals surface area contributed by atoms with E-state index in [2.05, 4.69) is 5.10 Å². The molecule has 2 aromatic carbocycles. The molecule has 3 rings (SSSR count). The zero-order valence-corrected chi connectivity index (χ0v) is 12.1. The van der Waals surface area contributed by atoms with Crippen molar-refractivity contribution in [2.75, 3.05) is 6.26 Å². The van der Waals surface area contributed by atoms with Crippen LogP contribution in [0.15, 0.2) is 58.5 Å². The Labute approximate surface area is 126 Å². The molecule has 2 aromatic rings. The molecule has 4 nitrogen and oxygen atoms in total. The van der Waals surface area contributed by atoms with Gasteiger partial charge in [0.25, 0.3) is 11.8 Å². The number of rotatable bonds is 3. The summed E-state index contributed by atoms with van der Waals surface area (Å²) in [6.07, 6.45) is 3.52. The van der Waals surface area contributed by atoms with E-state index in [0.29, 0.717) is 11.1 Å². The molecule has 0 bridgehead atoms. The first-order chi connectivity index (χ1) is 10.2. The van der Waals surface area contributed by atoms with Crippen molar-refractivity contribution in [2.45, 2.75) is 4.90 Å². The largest absolute Gasteiger partial charge is 0.282 e. The standard InChI is InChI=1S/C16H12N2O2S/c1-21-12-8-6-11(7-9-12)10-17-18-15(19)13-4-2-3-5-14(13)16(18)20/h2-10H,1H3/b17-10+. The number of hydrogen-bond acceptors (Lipinski definition) is 4. The lowest BCUT2D eigenvalue weighted by Crippen LogP contribution is -2.23. The van der Waals surface area contributed by atoms with Crippen molar-refractivity contribution in [3.8, 4) is 0 Å². The SMILES string of the molecule is CSc1ccc(/C=N/N2C(=O)c3ccccc3C2=O)cc1. The molecule has 5 heteroatoms. The molecule has 0 radical (unpaired) electrons. The average molecular weight is 296 g/mol. The van der Waals surface area contributed by atoms with Gasteiger partial charge in [0.1, 0.15) is 0 Å². The quantitative estimate of drug-likeness (QED) is 0.497. The monoisotopic (exact) mass is 296 g/mol. The van der Waals surface area contributed by atoms with Crippen molar-refractivity contribution in [3.63, 3.8) is 0 Å². The number of imide groups is 1. The summed E-state index contributed by atoms with van der Waals surface area (Å²) in [5.74, 6) is -0.764. The highest BCUT2D eigenvalue weighted by atomic mass is 32.2. The zero-order chi connectivity index (χ0) is 14.8. The van der Waals surface area contributed by atoms with Crippen molar-refractivity contribution in [2.24, 2.45) is 5.10 Å². The second kappa shape index (κ2) is 5.54. The summed E-state index contributed by atoms with van der Waals surface area (Å²) in [6, 6.07) is 14.5. The number of hydrazone groups is 1. The number of amides is 2. The van der Waals surface area contributed by atoms with Gasteiger partial charge >= 0.3 is 0 Å². The zero-order valence-electron chi connectivity index (χ0n) is 11.3. The van der Waals surface area contributed by atoms with Gasteiger partial charge in [0.05, 0.1) is 17.3 Å². The fourth-order valence-corrected chi connectivity index (χ4v) is 2.50. The molecule has 0 N–H and O–H groups in total. The number of nitrogens with zero attached hydrogens (tertiary/aromatic N) is 2. The second-order valence-corrected chi connectivity index (χ2v) is 5.37. The molecule has 2 amide bonds. The first kappa shape index (κ1) is 13.6. The Morgan fingerprint density at radius 1 is 0.952 bits per heavy atom. The minimum Gasteiger partial charge on any atom is -0.267 e. The summed E-state index contributed by atoms with van der Waals surface area (Å²) in [5, 5.41) is 4.94. The van der Waals surface area contributed by atoms with Crippen LogP contribution >= 0.6 is 11.8 Å². The number of carbonyl (C=O) groups excluding carboxylic acids is 2. The number of carbonyl (C=O) groups is 2. The Morgan fingerprint density at radius 3 is 2.05 bits per heavy atom. The third kappa shape index (κ3) is 2.48. The van der Waals surface area contributed by atoms with E-state index in [1.807, 2.05) is 30.5 Å². The molecular formula is C16H12N2O2S. The van der Waals surface area contributed by atoms with Crippen molar-refractivity contribution in [1.82, 2.24) is 5.01 Å². The third-order valence-corrected chi connectivity index (χ3v) is 3.95. The van der Waals surface area contributed by atoms with Gasteiger partial charge in [-0.1, -0.05) is 24.3 Å². The molecule has 0 aliphatic carbocycles. The number of thioether (sulfide) groups is 1. The van der Waals surface area contributed by atoms with Crippen molar-refractivity contribution >= 4 is 29.8 Å². The summed E-state index contributed by atoms with van der Waals surface area (Å²) in [5.41, 5.74) is 1.64. The topological polar surface area (TPSA) is 49.7 Å². The number of hydrogen-bond donors (Lipinski definition) is 0. The van der Waals surface area contributed by atoms with E-state index in [-0.39, 0.29) is 11.8 Å². The Kier molecular flexibility index (Phi) is 3.58. The van der Waals surface area contributed by atoms with Crippen molar-refractivity contribution < 1.29 is 9.59 Å². The number of benzene rings is 2. The Hall–Kier alpha value is -2.40. The van der Waals surface area contributed by atoms with Crippen LogP contribution in [0.1, 0.15) is 26.3 Å². The lowest BCUT2D eigenvalue weighted by atomic mass is 10.1. The van der Waals surface area contributed by atoms with Crippen LogP contribution < -0.4 is 0 Å². The van der Waals surface area contributed by atoms with Crippen LogP contribution in [0.4, 0.5) is 0 Å². The Morgan fingerprint density at radius 2 is 1.52 bits per heavy atom. The van der Waals surface area contributed by atoms with Gasteiger partial charge in [0.15, 0.2) is 0 Å². The van der Waals surface area contributed by atoms with Gasteiger partial charge in [-0.3, -0.25) is 9.59 Å². The second-order valence-electron chi connectivity index (χ2n) is 4.49. The molecule has 0 fully saturated rings. The summed E-state index contributed by atoms with van der Waals surface area (Å²) < 4.78 is 0. The highest BCUT2D eigenvalue weighted by molar-refractivity contribution is 7.98. The maximum atomic E-state index is 12.1. The Bertz CT molecular complexity index is 703. The van der Waals surface area contributed by atoms with E-state index in [9.17, 15) is 9.59 Å². The van der Waals surface area contributed by atoms with Gasteiger partial charge in [-0.25, -0.2) is 0 Å². The predicted molar refractivity (Wildman–Crippen MR) is 82.8 cm³/mol. The van der Waals surface area contributed by atoms with Crippen molar-refractivity contribution in [3.05, 3.63) is 65.2 Å². The maximum absolute atomic E-state index is 12.1. The highest BCUT2D eigenvalue weighted by Crippen LogP contribution is 2.22. The molecule has 21 heavy (non-hydrogen) atoms. The highest BCUT2D eigenvalue weighted by Gasteiger charge is 2.35. The molecule has 0 spiro atoms. The average Bonchev–Trinajstić information content (AvgIpc) is 2.78. The van der Waals surface area contributed by atoms with Crippen molar-refractivity contribution in [1.29, 1.82) is 0 Å². The van der Waals surface area contributed by atoms with E-state index in [1.165, 1.54) is 6.21 Å². The van der Waals surface area contributed by atoms with E-state index in [0.717, 1.165) is 15.5 Å². The molecule has 0 atom stereocenters. The van der Waals surface area contributed by atoms with Crippen LogP contribution in [0.3, 0.4) is 0 Å². The minimum atomic E-state index is -0.382. The molecular weight excluding hydrogens is 284 g/mol. The predicted octanol–water partition coefficient (Wildman–Crippen LogP) is 3.04. The van der Waals surface area contributed by atoms with Gasteiger partial charge in [-0.2, -0.15) is 10.1 Å². The third-order valence-electron chi connectivity index (χ3n) is 3.21. The summed E-state index contributed by atoms with van der Waals surface area (Å²) in [7, 11) is 0. The van der Waals surface area contributed by atoms with Gasteiger partial charge in [-0.05, 0) is 36.1 Å². The normalized spacial score (nSPS) is 14.0. The first-order valence-electron chi connectivity index (χ1n) is 6.36. The number of fused-ring (bicyclic) bond motifs is 1. The van der Waals surface area contributed by atoms with Crippen LogP contribution in [0.25, 0.3) is 0 Å². The molecule has 1 aliphatic heterocycles. The van der Waals surface area contributed by atoms with E-state index >= 15 is 0 Å². The molecule has 104 valence electrons. The smallest absolute Gasteiger partial charge is 0.267 e. The lowest BCUT2D eigenvalue weighted by Gasteiger charge is -2.05. The molecule has 1 heterocycles. The van der Waals surface area contributed by atoms with Crippen LogP contribution in [0.5, 0.6) is 0 Å². The lowest BCUT2D eigenvalue weighted by molar-refractivity contribution is 0.0660. The maximum Gasteiger partial charge on any atom is 0.282 e. The van der Waals surface area contributed by atoms with E-state index < -0.39 is 0 Å². The Balaban J connectivity index is 1.84. The fraction of sp³-hybridized carbons (Fsp3) is 0.0625. The minimum absolute atomic E-state index is 0.382. The van der Waals surface area contributed by atoms with Gasteiger partial charge < -0.3 is 0 Å². The van der Waals surface area contributed by atoms with Crippen LogP contribution in [0.2, 0.25) is 0 Å². The van der Waals surface area contributed by atoms with Crippen LogP contribution in [-0.2, 0) is 0 Å². The fourth-order valence-electron chi connectivity index (χ4n) is 2.10. The van der Waals surface area contributed by atoms with Crippen LogP contribution in [0, 0.1) is 0 Å². The van der Waals surface area contributed by atoms with E-state index in [4.69, 9.17) is 0 Å². The van der Waals surface area contributed by atoms with Gasteiger partial charge in [0.2, 0.25) is 0 Å². The molecule has 0 aromatic heterocycles.